The molecule has 0 fully saturated rings. The molecule has 0 amide bonds. The van der Waals surface area contributed by atoms with Gasteiger partial charge in [-0.2, -0.15) is 0 Å². The lowest BCUT2D eigenvalue weighted by Gasteiger charge is -2.09. The molecule has 0 aliphatic rings. The summed E-state index contributed by atoms with van der Waals surface area (Å²) in [4.78, 5) is 3.68. The number of sulfonamides is 1. The molecule has 100 valence electrons. The van der Waals surface area contributed by atoms with E-state index in [4.69, 9.17) is 5.73 Å². The first-order valence-electron chi connectivity index (χ1n) is 5.08. The highest BCUT2D eigenvalue weighted by molar-refractivity contribution is 9.10. The van der Waals surface area contributed by atoms with Gasteiger partial charge in [0.15, 0.2) is 0 Å². The van der Waals surface area contributed by atoms with Crippen LogP contribution in [0.25, 0.3) is 0 Å². The summed E-state index contributed by atoms with van der Waals surface area (Å²) >= 11 is 3.08. The fourth-order valence-electron chi connectivity index (χ4n) is 1.33. The van der Waals surface area contributed by atoms with Gasteiger partial charge in [-0.15, -0.1) is 0 Å². The smallest absolute Gasteiger partial charge is 0.263 e. The van der Waals surface area contributed by atoms with E-state index in [1.54, 1.807) is 0 Å². The van der Waals surface area contributed by atoms with Gasteiger partial charge < -0.3 is 5.73 Å². The van der Waals surface area contributed by atoms with E-state index in [0.717, 1.165) is 12.3 Å². The van der Waals surface area contributed by atoms with Gasteiger partial charge in [-0.25, -0.2) is 17.8 Å². The molecule has 0 spiro atoms. The third kappa shape index (κ3) is 3.21. The van der Waals surface area contributed by atoms with Crippen molar-refractivity contribution >= 4 is 37.5 Å². The summed E-state index contributed by atoms with van der Waals surface area (Å²) in [5, 5.41) is 0. The summed E-state index contributed by atoms with van der Waals surface area (Å²) in [5.41, 5.74) is 5.62. The number of nitrogens with zero attached hydrogens (tertiary/aromatic N) is 1. The van der Waals surface area contributed by atoms with Crippen LogP contribution in [0.2, 0.25) is 0 Å². The van der Waals surface area contributed by atoms with Crippen LogP contribution >= 0.6 is 15.9 Å². The highest BCUT2D eigenvalue weighted by Gasteiger charge is 2.16. The maximum Gasteiger partial charge on any atom is 0.263 e. The van der Waals surface area contributed by atoms with Gasteiger partial charge in [0.1, 0.15) is 16.5 Å². The van der Waals surface area contributed by atoms with E-state index < -0.39 is 15.8 Å². The second-order valence-corrected chi connectivity index (χ2v) is 6.19. The standard InChI is InChI=1S/C11H9BrFN3O2S/c12-9-5-7(13)1-3-10(9)16-19(17,18)8-2-4-11(14)15-6-8/h1-6,16H,(H2,14,15). The molecule has 0 atom stereocenters. The van der Waals surface area contributed by atoms with Gasteiger partial charge in [0, 0.05) is 10.7 Å². The molecule has 3 N–H and O–H groups in total. The Morgan fingerprint density at radius 2 is 2.00 bits per heavy atom. The molecule has 2 rings (SSSR count). The third-order valence-electron chi connectivity index (χ3n) is 2.24. The molecule has 19 heavy (non-hydrogen) atoms. The lowest BCUT2D eigenvalue weighted by Crippen LogP contribution is -2.13. The Balaban J connectivity index is 2.33. The van der Waals surface area contributed by atoms with Crippen LogP contribution in [-0.2, 0) is 10.0 Å². The molecule has 0 radical (unpaired) electrons. The Kier molecular flexibility index (Phi) is 3.72. The van der Waals surface area contributed by atoms with Crippen molar-refractivity contribution in [1.29, 1.82) is 0 Å². The highest BCUT2D eigenvalue weighted by Crippen LogP contribution is 2.25. The van der Waals surface area contributed by atoms with Crippen molar-refractivity contribution in [3.8, 4) is 0 Å². The number of pyridine rings is 1. The molecule has 1 heterocycles. The van der Waals surface area contributed by atoms with Crippen LogP contribution in [-0.4, -0.2) is 13.4 Å². The summed E-state index contributed by atoms with van der Waals surface area (Å²) in [6, 6.07) is 6.36. The number of nitrogens with one attached hydrogen (secondary N) is 1. The average Bonchev–Trinajstić information content (AvgIpc) is 2.33. The van der Waals surface area contributed by atoms with Crippen molar-refractivity contribution in [1.82, 2.24) is 4.98 Å². The normalized spacial score (nSPS) is 11.3. The quantitative estimate of drug-likeness (QED) is 0.894. The zero-order valence-electron chi connectivity index (χ0n) is 9.47. The van der Waals surface area contributed by atoms with Crippen LogP contribution in [0.4, 0.5) is 15.9 Å². The number of benzene rings is 1. The van der Waals surface area contributed by atoms with Gasteiger partial charge in [-0.05, 0) is 46.3 Å². The van der Waals surface area contributed by atoms with Crippen LogP contribution < -0.4 is 10.5 Å². The van der Waals surface area contributed by atoms with E-state index in [2.05, 4.69) is 25.6 Å². The van der Waals surface area contributed by atoms with Crippen molar-refractivity contribution in [2.24, 2.45) is 0 Å². The van der Waals surface area contributed by atoms with Gasteiger partial charge in [0.05, 0.1) is 5.69 Å². The summed E-state index contributed by atoms with van der Waals surface area (Å²) in [6.45, 7) is 0. The van der Waals surface area contributed by atoms with Gasteiger partial charge in [0.2, 0.25) is 0 Å². The predicted molar refractivity (Wildman–Crippen MR) is 73.6 cm³/mol. The molecule has 8 heteroatoms. The number of nitrogens with two attached hydrogens (primary N) is 1. The van der Waals surface area contributed by atoms with Gasteiger partial charge in [0.25, 0.3) is 10.0 Å². The minimum Gasteiger partial charge on any atom is -0.384 e. The number of aromatic nitrogens is 1. The number of nitrogen functional groups attached to an aromatic ring is 1. The molecule has 5 nitrogen and oxygen atoms in total. The van der Waals surface area contributed by atoms with E-state index in [9.17, 15) is 12.8 Å². The first kappa shape index (κ1) is 13.8. The predicted octanol–water partition coefficient (Wildman–Crippen LogP) is 2.37. The van der Waals surface area contributed by atoms with E-state index in [-0.39, 0.29) is 16.4 Å². The molecule has 0 bridgehead atoms. The first-order chi connectivity index (χ1) is 8.88. The minimum absolute atomic E-state index is 0.0297. The van der Waals surface area contributed by atoms with Crippen molar-refractivity contribution in [2.45, 2.75) is 4.90 Å². The zero-order valence-corrected chi connectivity index (χ0v) is 11.9. The van der Waals surface area contributed by atoms with Crippen LogP contribution in [0.5, 0.6) is 0 Å². The Bertz CT molecular complexity index is 704. The molecular weight excluding hydrogens is 337 g/mol. The molecule has 1 aromatic carbocycles. The van der Waals surface area contributed by atoms with Crippen LogP contribution in [0.15, 0.2) is 45.9 Å². The molecule has 0 aliphatic carbocycles. The topological polar surface area (TPSA) is 85.1 Å². The van der Waals surface area contributed by atoms with E-state index in [1.165, 1.54) is 24.3 Å². The van der Waals surface area contributed by atoms with Gasteiger partial charge in [-0.1, -0.05) is 0 Å². The van der Waals surface area contributed by atoms with Gasteiger partial charge in [-0.3, -0.25) is 4.72 Å². The average molecular weight is 346 g/mol. The van der Waals surface area contributed by atoms with E-state index in [0.29, 0.717) is 4.47 Å². The molecule has 2 aromatic rings. The van der Waals surface area contributed by atoms with Crippen LogP contribution in [0.1, 0.15) is 0 Å². The zero-order chi connectivity index (χ0) is 14.0. The molecule has 0 unspecified atom stereocenters. The summed E-state index contributed by atoms with van der Waals surface area (Å²) < 4.78 is 39.6. The van der Waals surface area contributed by atoms with E-state index in [1.807, 2.05) is 0 Å². The van der Waals surface area contributed by atoms with Crippen LogP contribution in [0.3, 0.4) is 0 Å². The molecule has 0 saturated carbocycles. The van der Waals surface area contributed by atoms with Gasteiger partial charge >= 0.3 is 0 Å². The van der Waals surface area contributed by atoms with Crippen LogP contribution in [0, 0.1) is 5.82 Å². The molecule has 1 aromatic heterocycles. The van der Waals surface area contributed by atoms with Crippen molar-refractivity contribution in [2.75, 3.05) is 10.5 Å². The largest absolute Gasteiger partial charge is 0.384 e. The number of anilines is 2. The van der Waals surface area contributed by atoms with Crippen molar-refractivity contribution in [3.05, 3.63) is 46.8 Å². The Hall–Kier alpha value is -1.67. The number of hydrogen-bond donors (Lipinski definition) is 2. The maximum atomic E-state index is 12.9. The fraction of sp³-hybridized carbons (Fsp3) is 0. The summed E-state index contributed by atoms with van der Waals surface area (Å²) in [7, 11) is -3.79. The Morgan fingerprint density at radius 1 is 1.26 bits per heavy atom. The number of rotatable bonds is 3. The van der Waals surface area contributed by atoms with Crippen molar-refractivity contribution in [3.63, 3.8) is 0 Å². The second-order valence-electron chi connectivity index (χ2n) is 3.65. The highest BCUT2D eigenvalue weighted by atomic mass is 79.9. The SMILES string of the molecule is Nc1ccc(S(=O)(=O)Nc2ccc(F)cc2Br)cn1. The molecule has 0 aliphatic heterocycles. The number of halogens is 2. The lowest BCUT2D eigenvalue weighted by molar-refractivity contribution is 0.600. The maximum absolute atomic E-state index is 12.9. The fourth-order valence-corrected chi connectivity index (χ4v) is 2.93. The summed E-state index contributed by atoms with van der Waals surface area (Å²) in [5.74, 6) is -0.245. The first-order valence-corrected chi connectivity index (χ1v) is 7.35. The third-order valence-corrected chi connectivity index (χ3v) is 4.25. The number of hydrogen-bond acceptors (Lipinski definition) is 4. The Labute approximate surface area is 117 Å². The minimum atomic E-state index is -3.79. The molecule has 0 saturated heterocycles. The lowest BCUT2D eigenvalue weighted by atomic mass is 10.3. The summed E-state index contributed by atoms with van der Waals surface area (Å²) in [6.07, 6.45) is 1.15. The monoisotopic (exact) mass is 345 g/mol. The second kappa shape index (κ2) is 5.14. The van der Waals surface area contributed by atoms with Crippen molar-refractivity contribution < 1.29 is 12.8 Å². The Morgan fingerprint density at radius 3 is 2.58 bits per heavy atom. The molecular formula is C11H9BrFN3O2S. The van der Waals surface area contributed by atoms with E-state index >= 15 is 0 Å².